The molecule has 0 aliphatic heterocycles. The Bertz CT molecular complexity index is 476. The van der Waals surface area contributed by atoms with Gasteiger partial charge in [0.25, 0.3) is 0 Å². The molecule has 0 N–H and O–H groups in total. The Morgan fingerprint density at radius 1 is 1.15 bits per heavy atom. The Morgan fingerprint density at radius 2 is 1.80 bits per heavy atom. The van der Waals surface area contributed by atoms with Crippen molar-refractivity contribution in [3.05, 3.63) is 41.5 Å². The second-order valence-electron chi connectivity index (χ2n) is 6.47. The zero-order chi connectivity index (χ0) is 15.4. The molecule has 0 heterocycles. The van der Waals surface area contributed by atoms with E-state index in [0.29, 0.717) is 12.2 Å². The van der Waals surface area contributed by atoms with Gasteiger partial charge in [-0.05, 0) is 42.2 Å². The zero-order valence-corrected chi connectivity index (χ0v) is 14.0. The molecule has 0 aliphatic carbocycles. The van der Waals surface area contributed by atoms with E-state index in [2.05, 4.69) is 33.9 Å². The lowest BCUT2D eigenvalue weighted by Crippen LogP contribution is -2.40. The lowest BCUT2D eigenvalue weighted by molar-refractivity contribution is 0.294. The summed E-state index contributed by atoms with van der Waals surface area (Å²) in [6.07, 6.45) is 4.49. The maximum Gasteiger partial charge on any atom is 0.191 e. The van der Waals surface area contributed by atoms with Crippen molar-refractivity contribution in [2.75, 3.05) is 6.61 Å². The molecule has 0 unspecified atom stereocenters. The van der Waals surface area contributed by atoms with Crippen LogP contribution in [0.3, 0.4) is 0 Å². The molecule has 0 bridgehead atoms. The molecule has 4 heteroatoms. The molecule has 0 saturated carbocycles. The van der Waals surface area contributed by atoms with E-state index in [1.807, 2.05) is 6.08 Å². The van der Waals surface area contributed by atoms with Gasteiger partial charge in [-0.2, -0.15) is 0 Å². The number of hydrogen-bond acceptors (Lipinski definition) is 1. The SMILES string of the molecule is CC(C)(C)[Si](C)(C)OCCC=Cc1ccc(F)c(F)c1. The Kier molecular flexibility index (Phi) is 5.65. The summed E-state index contributed by atoms with van der Waals surface area (Å²) < 4.78 is 31.8. The van der Waals surface area contributed by atoms with E-state index in [1.54, 1.807) is 12.1 Å². The first-order chi connectivity index (χ1) is 9.13. The predicted octanol–water partition coefficient (Wildman–Crippen LogP) is 5.39. The van der Waals surface area contributed by atoms with Crippen LogP contribution in [0.4, 0.5) is 8.78 Å². The first kappa shape index (κ1) is 17.0. The van der Waals surface area contributed by atoms with Crippen molar-refractivity contribution < 1.29 is 13.2 Å². The molecular weight excluding hydrogens is 274 g/mol. The summed E-state index contributed by atoms with van der Waals surface area (Å²) in [5, 5.41) is 0.205. The average Bonchev–Trinajstić information content (AvgIpc) is 2.31. The first-order valence-electron chi connectivity index (χ1n) is 6.89. The van der Waals surface area contributed by atoms with Crippen molar-refractivity contribution in [3.8, 4) is 0 Å². The van der Waals surface area contributed by atoms with Crippen LogP contribution < -0.4 is 0 Å². The topological polar surface area (TPSA) is 9.23 Å². The van der Waals surface area contributed by atoms with Crippen molar-refractivity contribution >= 4 is 14.4 Å². The zero-order valence-electron chi connectivity index (χ0n) is 13.0. The Hall–Kier alpha value is -1.00. The molecule has 0 aliphatic rings. The third-order valence-corrected chi connectivity index (χ3v) is 8.35. The summed E-state index contributed by atoms with van der Waals surface area (Å²) in [6.45, 7) is 11.7. The van der Waals surface area contributed by atoms with Gasteiger partial charge in [0.1, 0.15) is 0 Å². The second-order valence-corrected chi connectivity index (χ2v) is 11.3. The normalized spacial score (nSPS) is 13.2. The van der Waals surface area contributed by atoms with Crippen molar-refractivity contribution in [2.24, 2.45) is 0 Å². The molecule has 0 amide bonds. The van der Waals surface area contributed by atoms with Gasteiger partial charge in [-0.25, -0.2) is 8.78 Å². The van der Waals surface area contributed by atoms with Crippen LogP contribution in [-0.4, -0.2) is 14.9 Å². The molecule has 0 spiro atoms. The van der Waals surface area contributed by atoms with Crippen molar-refractivity contribution in [3.63, 3.8) is 0 Å². The predicted molar refractivity (Wildman–Crippen MR) is 83.2 cm³/mol. The Labute approximate surface area is 121 Å². The van der Waals surface area contributed by atoms with Gasteiger partial charge < -0.3 is 4.43 Å². The van der Waals surface area contributed by atoms with E-state index in [9.17, 15) is 8.78 Å². The van der Waals surface area contributed by atoms with E-state index in [-0.39, 0.29) is 5.04 Å². The largest absolute Gasteiger partial charge is 0.417 e. The number of halogens is 2. The average molecular weight is 298 g/mol. The van der Waals surface area contributed by atoms with Crippen LogP contribution >= 0.6 is 0 Å². The molecular formula is C16H24F2OSi. The van der Waals surface area contributed by atoms with Crippen LogP contribution in [0, 0.1) is 11.6 Å². The highest BCUT2D eigenvalue weighted by Gasteiger charge is 2.36. The third-order valence-electron chi connectivity index (χ3n) is 3.81. The molecule has 1 aromatic carbocycles. The lowest BCUT2D eigenvalue weighted by atomic mass is 10.2. The smallest absolute Gasteiger partial charge is 0.191 e. The van der Waals surface area contributed by atoms with Gasteiger partial charge in [-0.3, -0.25) is 0 Å². The first-order valence-corrected chi connectivity index (χ1v) is 9.80. The number of hydrogen-bond donors (Lipinski definition) is 0. The van der Waals surface area contributed by atoms with Crippen LogP contribution in [0.2, 0.25) is 18.1 Å². The maximum absolute atomic E-state index is 13.0. The summed E-state index contributed by atoms with van der Waals surface area (Å²) in [5.74, 6) is -1.63. The fraction of sp³-hybridized carbons (Fsp3) is 0.500. The van der Waals surface area contributed by atoms with Crippen LogP contribution in [0.5, 0.6) is 0 Å². The van der Waals surface area contributed by atoms with Gasteiger partial charge in [0.05, 0.1) is 0 Å². The minimum Gasteiger partial charge on any atom is -0.417 e. The summed E-state index contributed by atoms with van der Waals surface area (Å²) in [4.78, 5) is 0. The second kappa shape index (κ2) is 6.63. The fourth-order valence-electron chi connectivity index (χ4n) is 1.43. The molecule has 1 nitrogen and oxygen atoms in total. The van der Waals surface area contributed by atoms with Crippen molar-refractivity contribution in [1.29, 1.82) is 0 Å². The highest BCUT2D eigenvalue weighted by atomic mass is 28.4. The van der Waals surface area contributed by atoms with E-state index in [0.717, 1.165) is 12.5 Å². The Morgan fingerprint density at radius 3 is 2.35 bits per heavy atom. The molecule has 1 aromatic rings. The molecule has 0 aromatic heterocycles. The van der Waals surface area contributed by atoms with Gasteiger partial charge in [0, 0.05) is 6.61 Å². The quantitative estimate of drug-likeness (QED) is 0.523. The van der Waals surface area contributed by atoms with Gasteiger partial charge in [-0.15, -0.1) is 0 Å². The van der Waals surface area contributed by atoms with Crippen molar-refractivity contribution in [1.82, 2.24) is 0 Å². The molecule has 112 valence electrons. The van der Waals surface area contributed by atoms with E-state index < -0.39 is 20.0 Å². The van der Waals surface area contributed by atoms with Crippen molar-refractivity contribution in [2.45, 2.75) is 45.3 Å². The molecule has 0 radical (unpaired) electrons. The highest BCUT2D eigenvalue weighted by molar-refractivity contribution is 6.74. The van der Waals surface area contributed by atoms with E-state index in [4.69, 9.17) is 4.43 Å². The minimum absolute atomic E-state index is 0.205. The van der Waals surface area contributed by atoms with Crippen LogP contribution in [0.1, 0.15) is 32.8 Å². The fourth-order valence-corrected chi connectivity index (χ4v) is 2.50. The highest BCUT2D eigenvalue weighted by Crippen LogP contribution is 2.36. The van der Waals surface area contributed by atoms with Gasteiger partial charge in [-0.1, -0.05) is 39.0 Å². The number of rotatable bonds is 5. The monoisotopic (exact) mass is 298 g/mol. The van der Waals surface area contributed by atoms with Crippen LogP contribution in [0.15, 0.2) is 24.3 Å². The number of benzene rings is 1. The summed E-state index contributed by atoms with van der Waals surface area (Å²) >= 11 is 0. The third kappa shape index (κ3) is 4.83. The summed E-state index contributed by atoms with van der Waals surface area (Å²) in [6, 6.07) is 3.89. The molecule has 0 atom stereocenters. The summed E-state index contributed by atoms with van der Waals surface area (Å²) in [7, 11) is -1.69. The van der Waals surface area contributed by atoms with E-state index >= 15 is 0 Å². The molecule has 1 rings (SSSR count). The molecule has 0 fully saturated rings. The standard InChI is InChI=1S/C16H24F2OSi/c1-16(2,3)20(4,5)19-11-7-6-8-13-9-10-14(17)15(18)12-13/h6,8-10,12H,7,11H2,1-5H3. The molecule has 0 saturated heterocycles. The van der Waals surface area contributed by atoms with Crippen LogP contribution in [-0.2, 0) is 4.43 Å². The van der Waals surface area contributed by atoms with Gasteiger partial charge in [0.15, 0.2) is 20.0 Å². The maximum atomic E-state index is 13.0. The van der Waals surface area contributed by atoms with Crippen LogP contribution in [0.25, 0.3) is 6.08 Å². The van der Waals surface area contributed by atoms with Gasteiger partial charge >= 0.3 is 0 Å². The van der Waals surface area contributed by atoms with Gasteiger partial charge in [0.2, 0.25) is 0 Å². The lowest BCUT2D eigenvalue weighted by Gasteiger charge is -2.36. The van der Waals surface area contributed by atoms with E-state index in [1.165, 1.54) is 6.07 Å². The Balaban J connectivity index is 2.45. The summed E-state index contributed by atoms with van der Waals surface area (Å²) in [5.41, 5.74) is 0.663. The minimum atomic E-state index is -1.69. The molecule has 20 heavy (non-hydrogen) atoms.